The molecule has 2 heteroatoms. The van der Waals surface area contributed by atoms with Crippen LogP contribution in [0.25, 0.3) is 0 Å². The SMILES string of the molecule is Cc1ccccc1CCC(C)N1CCNCC1. The van der Waals surface area contributed by atoms with Crippen LogP contribution in [0.15, 0.2) is 24.3 Å². The van der Waals surface area contributed by atoms with Crippen LogP contribution < -0.4 is 5.32 Å². The average molecular weight is 232 g/mol. The van der Waals surface area contributed by atoms with Gasteiger partial charge in [0.1, 0.15) is 0 Å². The Balaban J connectivity index is 1.83. The van der Waals surface area contributed by atoms with Crippen molar-refractivity contribution in [3.8, 4) is 0 Å². The van der Waals surface area contributed by atoms with E-state index in [0.29, 0.717) is 6.04 Å². The highest BCUT2D eigenvalue weighted by Crippen LogP contribution is 2.13. The fourth-order valence-corrected chi connectivity index (χ4v) is 2.56. The van der Waals surface area contributed by atoms with Gasteiger partial charge in [-0.25, -0.2) is 0 Å². The lowest BCUT2D eigenvalue weighted by molar-refractivity contribution is 0.177. The minimum absolute atomic E-state index is 0.705. The van der Waals surface area contributed by atoms with Gasteiger partial charge >= 0.3 is 0 Å². The molecule has 1 saturated heterocycles. The molecule has 17 heavy (non-hydrogen) atoms. The lowest BCUT2D eigenvalue weighted by atomic mass is 10.0. The van der Waals surface area contributed by atoms with Gasteiger partial charge in [-0.1, -0.05) is 24.3 Å². The van der Waals surface area contributed by atoms with Crippen LogP contribution in [0.4, 0.5) is 0 Å². The van der Waals surface area contributed by atoms with Gasteiger partial charge in [-0.15, -0.1) is 0 Å². The molecule has 0 amide bonds. The summed E-state index contributed by atoms with van der Waals surface area (Å²) in [7, 11) is 0. The highest BCUT2D eigenvalue weighted by atomic mass is 15.2. The van der Waals surface area contributed by atoms with Gasteiger partial charge in [-0.05, 0) is 37.8 Å². The fourth-order valence-electron chi connectivity index (χ4n) is 2.56. The topological polar surface area (TPSA) is 15.3 Å². The minimum atomic E-state index is 0.705. The van der Waals surface area contributed by atoms with Crippen molar-refractivity contribution < 1.29 is 0 Å². The first-order valence-electron chi connectivity index (χ1n) is 6.76. The molecule has 0 bridgehead atoms. The largest absolute Gasteiger partial charge is 0.314 e. The van der Waals surface area contributed by atoms with Crippen molar-refractivity contribution in [2.75, 3.05) is 26.2 Å². The molecule has 0 radical (unpaired) electrons. The number of nitrogens with one attached hydrogen (secondary N) is 1. The van der Waals surface area contributed by atoms with E-state index in [2.05, 4.69) is 48.3 Å². The second kappa shape index (κ2) is 6.18. The molecule has 1 N–H and O–H groups in total. The van der Waals surface area contributed by atoms with Crippen LogP contribution in [0.5, 0.6) is 0 Å². The van der Waals surface area contributed by atoms with E-state index in [1.807, 2.05) is 0 Å². The van der Waals surface area contributed by atoms with Crippen LogP contribution in [0, 0.1) is 6.92 Å². The van der Waals surface area contributed by atoms with Crippen molar-refractivity contribution in [3.63, 3.8) is 0 Å². The second-order valence-corrected chi connectivity index (χ2v) is 5.10. The van der Waals surface area contributed by atoms with Crippen molar-refractivity contribution in [2.45, 2.75) is 32.7 Å². The average Bonchev–Trinajstić information content (AvgIpc) is 2.38. The van der Waals surface area contributed by atoms with Gasteiger partial charge < -0.3 is 5.32 Å². The Morgan fingerprint density at radius 3 is 2.65 bits per heavy atom. The third-order valence-electron chi connectivity index (χ3n) is 3.87. The van der Waals surface area contributed by atoms with Crippen molar-refractivity contribution in [1.29, 1.82) is 0 Å². The summed E-state index contributed by atoms with van der Waals surface area (Å²) in [6, 6.07) is 9.46. The van der Waals surface area contributed by atoms with E-state index in [1.165, 1.54) is 37.1 Å². The summed E-state index contributed by atoms with van der Waals surface area (Å²) in [6.45, 7) is 9.28. The van der Waals surface area contributed by atoms with Gasteiger partial charge in [-0.2, -0.15) is 0 Å². The quantitative estimate of drug-likeness (QED) is 0.856. The van der Waals surface area contributed by atoms with E-state index in [9.17, 15) is 0 Å². The van der Waals surface area contributed by atoms with Crippen LogP contribution in [0.1, 0.15) is 24.5 Å². The first kappa shape index (κ1) is 12.6. The predicted octanol–water partition coefficient (Wildman–Crippen LogP) is 2.22. The normalized spacial score (nSPS) is 19.2. The molecule has 0 aliphatic carbocycles. The molecule has 0 saturated carbocycles. The van der Waals surface area contributed by atoms with Crippen LogP contribution in [0.3, 0.4) is 0 Å². The number of aryl methyl sites for hydroxylation is 2. The summed E-state index contributed by atoms with van der Waals surface area (Å²) >= 11 is 0. The van der Waals surface area contributed by atoms with Crippen LogP contribution in [-0.2, 0) is 6.42 Å². The fraction of sp³-hybridized carbons (Fsp3) is 0.600. The number of nitrogens with zero attached hydrogens (tertiary/aromatic N) is 1. The Morgan fingerprint density at radius 2 is 1.94 bits per heavy atom. The molecule has 1 fully saturated rings. The van der Waals surface area contributed by atoms with E-state index in [4.69, 9.17) is 0 Å². The summed E-state index contributed by atoms with van der Waals surface area (Å²) in [5, 5.41) is 3.41. The zero-order chi connectivity index (χ0) is 12.1. The summed E-state index contributed by atoms with van der Waals surface area (Å²) in [4.78, 5) is 2.61. The van der Waals surface area contributed by atoms with Gasteiger partial charge in [0, 0.05) is 32.2 Å². The maximum Gasteiger partial charge on any atom is 0.0110 e. The van der Waals surface area contributed by atoms with Crippen molar-refractivity contribution >= 4 is 0 Å². The maximum atomic E-state index is 3.41. The van der Waals surface area contributed by atoms with Gasteiger partial charge in [0.2, 0.25) is 0 Å². The van der Waals surface area contributed by atoms with Crippen LogP contribution >= 0.6 is 0 Å². The van der Waals surface area contributed by atoms with E-state index in [1.54, 1.807) is 0 Å². The Labute approximate surface area is 105 Å². The Hall–Kier alpha value is -0.860. The van der Waals surface area contributed by atoms with Crippen LogP contribution in [-0.4, -0.2) is 37.1 Å². The molecule has 94 valence electrons. The number of hydrogen-bond acceptors (Lipinski definition) is 2. The Morgan fingerprint density at radius 1 is 1.24 bits per heavy atom. The zero-order valence-corrected chi connectivity index (χ0v) is 11.1. The molecule has 1 atom stereocenters. The molecule has 1 heterocycles. The second-order valence-electron chi connectivity index (χ2n) is 5.10. The molecule has 1 unspecified atom stereocenters. The van der Waals surface area contributed by atoms with E-state index in [-0.39, 0.29) is 0 Å². The van der Waals surface area contributed by atoms with E-state index in [0.717, 1.165) is 13.1 Å². The zero-order valence-electron chi connectivity index (χ0n) is 11.1. The highest BCUT2D eigenvalue weighted by Gasteiger charge is 2.16. The number of piperazine rings is 1. The van der Waals surface area contributed by atoms with Gasteiger partial charge in [0.15, 0.2) is 0 Å². The first-order valence-corrected chi connectivity index (χ1v) is 6.76. The molecule has 0 aromatic heterocycles. The number of rotatable bonds is 4. The van der Waals surface area contributed by atoms with E-state index < -0.39 is 0 Å². The summed E-state index contributed by atoms with van der Waals surface area (Å²) in [5.74, 6) is 0. The Kier molecular flexibility index (Phi) is 4.57. The lowest BCUT2D eigenvalue weighted by Gasteiger charge is -2.33. The summed E-state index contributed by atoms with van der Waals surface area (Å²) in [5.41, 5.74) is 2.94. The smallest absolute Gasteiger partial charge is 0.0110 e. The third kappa shape index (κ3) is 3.55. The van der Waals surface area contributed by atoms with Gasteiger partial charge in [0.05, 0.1) is 0 Å². The van der Waals surface area contributed by atoms with Crippen molar-refractivity contribution in [2.24, 2.45) is 0 Å². The molecule has 1 aromatic rings. The van der Waals surface area contributed by atoms with E-state index >= 15 is 0 Å². The summed E-state index contributed by atoms with van der Waals surface area (Å²) in [6.07, 6.45) is 2.47. The molecular weight excluding hydrogens is 208 g/mol. The monoisotopic (exact) mass is 232 g/mol. The first-order chi connectivity index (χ1) is 8.27. The molecule has 1 aliphatic heterocycles. The molecule has 2 rings (SSSR count). The van der Waals surface area contributed by atoms with Gasteiger partial charge in [0.25, 0.3) is 0 Å². The predicted molar refractivity (Wildman–Crippen MR) is 73.4 cm³/mol. The molecule has 0 spiro atoms. The molecule has 1 aliphatic rings. The minimum Gasteiger partial charge on any atom is -0.314 e. The Bertz CT molecular complexity index is 343. The maximum absolute atomic E-state index is 3.41. The molecule has 2 nitrogen and oxygen atoms in total. The number of hydrogen-bond donors (Lipinski definition) is 1. The standard InChI is InChI=1S/C15H24N2/c1-13-5-3-4-6-15(13)8-7-14(2)17-11-9-16-10-12-17/h3-6,14,16H,7-12H2,1-2H3. The third-order valence-corrected chi connectivity index (χ3v) is 3.87. The molecule has 1 aromatic carbocycles. The van der Waals surface area contributed by atoms with Gasteiger partial charge in [-0.3, -0.25) is 4.90 Å². The highest BCUT2D eigenvalue weighted by molar-refractivity contribution is 5.25. The van der Waals surface area contributed by atoms with Crippen LogP contribution in [0.2, 0.25) is 0 Å². The summed E-state index contributed by atoms with van der Waals surface area (Å²) < 4.78 is 0. The molecular formula is C15H24N2. The lowest BCUT2D eigenvalue weighted by Crippen LogP contribution is -2.47. The van der Waals surface area contributed by atoms with Crippen molar-refractivity contribution in [3.05, 3.63) is 35.4 Å². The number of benzene rings is 1. The van der Waals surface area contributed by atoms with Crippen molar-refractivity contribution in [1.82, 2.24) is 10.2 Å².